The van der Waals surface area contributed by atoms with Crippen molar-refractivity contribution in [1.29, 1.82) is 0 Å². The molecule has 0 spiro atoms. The highest BCUT2D eigenvalue weighted by Crippen LogP contribution is 2.32. The van der Waals surface area contributed by atoms with Gasteiger partial charge in [0.15, 0.2) is 15.0 Å². The van der Waals surface area contributed by atoms with Crippen LogP contribution in [0.15, 0.2) is 46.7 Å². The SMILES string of the molecule is COc1ccc(Cc2csc(N3CCC(S(=O)(=O)c4cc(Cl)cc(Cl)c4)CC3)n2)c(OC)c1. The topological polar surface area (TPSA) is 68.7 Å². The second-order valence-corrected chi connectivity index (χ2v) is 11.8. The van der Waals surface area contributed by atoms with Crippen LogP contribution in [0.1, 0.15) is 24.1 Å². The summed E-state index contributed by atoms with van der Waals surface area (Å²) in [4.78, 5) is 7.12. The first kappa shape index (κ1) is 24.1. The van der Waals surface area contributed by atoms with Gasteiger partial charge >= 0.3 is 0 Å². The standard InChI is InChI=1S/C23H24Cl2N2O4S2/c1-30-19-4-3-15(22(13-19)31-2)9-18-14-32-23(26-18)27-7-5-20(6-8-27)33(28,29)21-11-16(24)10-17(25)12-21/h3-4,10-14,20H,5-9H2,1-2H3. The average molecular weight is 527 g/mol. The fourth-order valence-corrected chi connectivity index (χ4v) is 7.29. The van der Waals surface area contributed by atoms with Crippen molar-refractivity contribution in [2.45, 2.75) is 29.4 Å². The van der Waals surface area contributed by atoms with E-state index in [0.717, 1.165) is 27.9 Å². The van der Waals surface area contributed by atoms with E-state index in [1.165, 1.54) is 18.2 Å². The lowest BCUT2D eigenvalue weighted by atomic mass is 10.1. The third-order valence-corrected chi connectivity index (χ3v) is 9.35. The Labute approximate surface area is 208 Å². The fraction of sp³-hybridized carbons (Fsp3) is 0.348. The van der Waals surface area contributed by atoms with E-state index in [1.807, 2.05) is 23.6 Å². The summed E-state index contributed by atoms with van der Waals surface area (Å²) in [7, 11) is -0.234. The van der Waals surface area contributed by atoms with Crippen molar-refractivity contribution < 1.29 is 17.9 Å². The Morgan fingerprint density at radius 2 is 1.76 bits per heavy atom. The third-order valence-electron chi connectivity index (χ3n) is 5.72. The normalized spacial score (nSPS) is 15.0. The zero-order valence-electron chi connectivity index (χ0n) is 18.3. The molecule has 6 nitrogen and oxygen atoms in total. The van der Waals surface area contributed by atoms with Gasteiger partial charge in [-0.15, -0.1) is 11.3 Å². The van der Waals surface area contributed by atoms with E-state index in [1.54, 1.807) is 25.6 Å². The van der Waals surface area contributed by atoms with E-state index >= 15 is 0 Å². The van der Waals surface area contributed by atoms with E-state index in [-0.39, 0.29) is 4.90 Å². The van der Waals surface area contributed by atoms with Crippen LogP contribution in [0, 0.1) is 0 Å². The number of hydrogen-bond donors (Lipinski definition) is 0. The monoisotopic (exact) mass is 526 g/mol. The molecule has 1 aliphatic heterocycles. The molecule has 1 saturated heterocycles. The number of hydrogen-bond acceptors (Lipinski definition) is 7. The van der Waals surface area contributed by atoms with Crippen LogP contribution >= 0.6 is 34.5 Å². The van der Waals surface area contributed by atoms with Crippen LogP contribution in [0.5, 0.6) is 11.5 Å². The summed E-state index contributed by atoms with van der Waals surface area (Å²) < 4.78 is 36.9. The first-order valence-electron chi connectivity index (χ1n) is 10.4. The van der Waals surface area contributed by atoms with Crippen molar-refractivity contribution >= 4 is 49.5 Å². The molecular weight excluding hydrogens is 503 g/mol. The van der Waals surface area contributed by atoms with Gasteiger partial charge in [0.1, 0.15) is 11.5 Å². The van der Waals surface area contributed by atoms with Gasteiger partial charge in [-0.2, -0.15) is 0 Å². The molecule has 0 bridgehead atoms. The summed E-state index contributed by atoms with van der Waals surface area (Å²) in [6, 6.07) is 10.2. The predicted octanol–water partition coefficient (Wildman–Crippen LogP) is 5.50. The van der Waals surface area contributed by atoms with Crippen LogP contribution in [-0.2, 0) is 16.3 Å². The van der Waals surface area contributed by atoms with Crippen LogP contribution < -0.4 is 14.4 Å². The number of anilines is 1. The van der Waals surface area contributed by atoms with Crippen molar-refractivity contribution in [3.8, 4) is 11.5 Å². The molecule has 0 atom stereocenters. The van der Waals surface area contributed by atoms with Crippen LogP contribution in [0.3, 0.4) is 0 Å². The Hall–Kier alpha value is -2.00. The Morgan fingerprint density at radius 3 is 2.39 bits per heavy atom. The number of benzene rings is 2. The summed E-state index contributed by atoms with van der Waals surface area (Å²) in [6.07, 6.45) is 1.69. The molecule has 4 rings (SSSR count). The van der Waals surface area contributed by atoms with Gasteiger partial charge in [0.2, 0.25) is 0 Å². The Balaban J connectivity index is 1.42. The number of halogens is 2. The summed E-state index contributed by atoms with van der Waals surface area (Å²) in [5.74, 6) is 1.50. The maximum absolute atomic E-state index is 13.1. The van der Waals surface area contributed by atoms with E-state index in [0.29, 0.717) is 42.4 Å². The van der Waals surface area contributed by atoms with Crippen LogP contribution in [0.25, 0.3) is 0 Å². The zero-order chi connectivity index (χ0) is 23.6. The lowest BCUT2D eigenvalue weighted by molar-refractivity contribution is 0.391. The van der Waals surface area contributed by atoms with Gasteiger partial charge in [0, 0.05) is 46.6 Å². The number of methoxy groups -OCH3 is 2. The summed E-state index contributed by atoms with van der Waals surface area (Å²) >= 11 is 13.6. The van der Waals surface area contributed by atoms with Crippen molar-refractivity contribution in [3.63, 3.8) is 0 Å². The third kappa shape index (κ3) is 5.40. The number of sulfone groups is 1. The Kier molecular flexibility index (Phi) is 7.38. The summed E-state index contributed by atoms with van der Waals surface area (Å²) in [6.45, 7) is 1.24. The minimum absolute atomic E-state index is 0.184. The highest BCUT2D eigenvalue weighted by molar-refractivity contribution is 7.92. The number of nitrogens with zero attached hydrogens (tertiary/aromatic N) is 2. The van der Waals surface area contributed by atoms with Crippen LogP contribution in [0.4, 0.5) is 5.13 Å². The van der Waals surface area contributed by atoms with Gasteiger partial charge in [0.05, 0.1) is 30.1 Å². The summed E-state index contributed by atoms with van der Waals surface area (Å²) in [5.41, 5.74) is 1.97. The summed E-state index contributed by atoms with van der Waals surface area (Å²) in [5, 5.41) is 3.12. The van der Waals surface area contributed by atoms with Crippen molar-refractivity contribution in [2.75, 3.05) is 32.2 Å². The number of piperidine rings is 1. The fourth-order valence-electron chi connectivity index (χ4n) is 3.96. The number of rotatable bonds is 7. The molecular formula is C23H24Cl2N2O4S2. The van der Waals surface area contributed by atoms with Crippen LogP contribution in [-0.4, -0.2) is 46.0 Å². The molecule has 0 radical (unpaired) electrons. The Morgan fingerprint density at radius 1 is 1.06 bits per heavy atom. The first-order valence-corrected chi connectivity index (χ1v) is 13.6. The largest absolute Gasteiger partial charge is 0.497 e. The molecule has 0 amide bonds. The molecule has 0 N–H and O–H groups in total. The molecule has 1 fully saturated rings. The average Bonchev–Trinajstić information content (AvgIpc) is 3.27. The van der Waals surface area contributed by atoms with Gasteiger partial charge in [-0.05, 0) is 37.1 Å². The van der Waals surface area contributed by atoms with E-state index in [2.05, 4.69) is 4.90 Å². The maximum Gasteiger partial charge on any atom is 0.185 e. The zero-order valence-corrected chi connectivity index (χ0v) is 21.4. The minimum atomic E-state index is -3.50. The molecule has 33 heavy (non-hydrogen) atoms. The molecule has 176 valence electrons. The lowest BCUT2D eigenvalue weighted by Gasteiger charge is -2.31. The highest BCUT2D eigenvalue weighted by Gasteiger charge is 2.32. The molecule has 0 aliphatic carbocycles. The molecule has 0 unspecified atom stereocenters. The molecule has 2 aromatic carbocycles. The van der Waals surface area contributed by atoms with Gasteiger partial charge in [-0.25, -0.2) is 13.4 Å². The predicted molar refractivity (Wildman–Crippen MR) is 133 cm³/mol. The van der Waals surface area contributed by atoms with Crippen molar-refractivity contribution in [2.24, 2.45) is 0 Å². The molecule has 0 saturated carbocycles. The van der Waals surface area contributed by atoms with E-state index in [4.69, 9.17) is 37.7 Å². The van der Waals surface area contributed by atoms with Gasteiger partial charge in [-0.3, -0.25) is 0 Å². The maximum atomic E-state index is 13.1. The smallest absolute Gasteiger partial charge is 0.185 e. The van der Waals surface area contributed by atoms with Gasteiger partial charge in [-0.1, -0.05) is 29.3 Å². The molecule has 3 aromatic rings. The number of thiazole rings is 1. The first-order chi connectivity index (χ1) is 15.8. The van der Waals surface area contributed by atoms with Crippen molar-refractivity contribution in [1.82, 2.24) is 4.98 Å². The number of aromatic nitrogens is 1. The van der Waals surface area contributed by atoms with Crippen LogP contribution in [0.2, 0.25) is 10.0 Å². The van der Waals surface area contributed by atoms with Crippen molar-refractivity contribution in [3.05, 3.63) is 63.1 Å². The molecule has 1 aromatic heterocycles. The minimum Gasteiger partial charge on any atom is -0.497 e. The second-order valence-electron chi connectivity index (χ2n) is 7.81. The molecule has 2 heterocycles. The van der Waals surface area contributed by atoms with E-state index < -0.39 is 15.1 Å². The van der Waals surface area contributed by atoms with Gasteiger partial charge in [0.25, 0.3) is 0 Å². The van der Waals surface area contributed by atoms with Gasteiger partial charge < -0.3 is 14.4 Å². The lowest BCUT2D eigenvalue weighted by Crippen LogP contribution is -2.39. The molecule has 1 aliphatic rings. The molecule has 10 heteroatoms. The second kappa shape index (κ2) is 10.1. The Bertz CT molecular complexity index is 1220. The quantitative estimate of drug-likeness (QED) is 0.404. The van der Waals surface area contributed by atoms with E-state index in [9.17, 15) is 8.42 Å². The number of ether oxygens (including phenoxy) is 2. The highest BCUT2D eigenvalue weighted by atomic mass is 35.5.